The van der Waals surface area contributed by atoms with Crippen molar-refractivity contribution in [2.24, 2.45) is 5.10 Å². The van der Waals surface area contributed by atoms with Gasteiger partial charge in [0.1, 0.15) is 0 Å². The maximum Gasteiger partial charge on any atom is 0.329 e. The molecule has 2 aromatic rings. The fourth-order valence-corrected chi connectivity index (χ4v) is 3.19. The lowest BCUT2D eigenvalue weighted by atomic mass is 10.1. The lowest BCUT2D eigenvalue weighted by Crippen LogP contribution is -2.43. The van der Waals surface area contributed by atoms with Crippen molar-refractivity contribution in [2.75, 3.05) is 46.6 Å². The molecule has 0 saturated carbocycles. The van der Waals surface area contributed by atoms with Gasteiger partial charge in [0.25, 0.3) is 5.91 Å². The van der Waals surface area contributed by atoms with Crippen LogP contribution >= 0.6 is 0 Å². The van der Waals surface area contributed by atoms with Gasteiger partial charge in [0.15, 0.2) is 18.1 Å². The second-order valence-corrected chi connectivity index (χ2v) is 7.38. The highest BCUT2D eigenvalue weighted by Gasteiger charge is 2.18. The van der Waals surface area contributed by atoms with Crippen LogP contribution in [0.2, 0.25) is 0 Å². The summed E-state index contributed by atoms with van der Waals surface area (Å²) in [7, 11) is 1.48. The van der Waals surface area contributed by atoms with Crippen molar-refractivity contribution < 1.29 is 28.6 Å². The van der Waals surface area contributed by atoms with E-state index in [-0.39, 0.29) is 12.5 Å². The average Bonchev–Trinajstić information content (AvgIpc) is 2.88. The van der Waals surface area contributed by atoms with Crippen molar-refractivity contribution in [3.8, 4) is 11.5 Å². The lowest BCUT2D eigenvalue weighted by molar-refractivity contribution is -0.139. The first-order valence-corrected chi connectivity index (χ1v) is 10.9. The quantitative estimate of drug-likeness (QED) is 0.318. The first-order valence-electron chi connectivity index (χ1n) is 10.9. The van der Waals surface area contributed by atoms with Gasteiger partial charge < -0.3 is 24.4 Å². The number of hydrogen-bond acceptors (Lipinski definition) is 7. The minimum absolute atomic E-state index is 0.112. The third-order valence-electron chi connectivity index (χ3n) is 5.03. The van der Waals surface area contributed by atoms with Crippen LogP contribution in [0.5, 0.6) is 11.5 Å². The van der Waals surface area contributed by atoms with Crippen molar-refractivity contribution >= 4 is 23.9 Å². The molecule has 10 nitrogen and oxygen atoms in total. The number of benzene rings is 2. The van der Waals surface area contributed by atoms with E-state index in [1.807, 2.05) is 30.3 Å². The molecule has 1 heterocycles. The van der Waals surface area contributed by atoms with Crippen LogP contribution in [0.15, 0.2) is 53.6 Å². The molecule has 2 N–H and O–H groups in total. The Kier molecular flexibility index (Phi) is 9.41. The van der Waals surface area contributed by atoms with Gasteiger partial charge in [0.2, 0.25) is 0 Å². The number of nitrogens with zero attached hydrogens (tertiary/aromatic N) is 2. The Morgan fingerprint density at radius 2 is 1.82 bits per heavy atom. The number of hydrazone groups is 1. The van der Waals surface area contributed by atoms with E-state index >= 15 is 0 Å². The van der Waals surface area contributed by atoms with Crippen LogP contribution in [-0.4, -0.2) is 75.4 Å². The van der Waals surface area contributed by atoms with Gasteiger partial charge in [-0.3, -0.25) is 14.4 Å². The fraction of sp³-hybridized carbons (Fsp3) is 0.333. The topological polar surface area (TPSA) is 119 Å². The predicted molar refractivity (Wildman–Crippen MR) is 125 cm³/mol. The lowest BCUT2D eigenvalue weighted by Gasteiger charge is -2.26. The van der Waals surface area contributed by atoms with Gasteiger partial charge in [-0.05, 0) is 35.7 Å². The smallest absolute Gasteiger partial charge is 0.329 e. The molecule has 1 fully saturated rings. The summed E-state index contributed by atoms with van der Waals surface area (Å²) >= 11 is 0. The maximum absolute atomic E-state index is 12.2. The van der Waals surface area contributed by atoms with Crippen LogP contribution in [0.3, 0.4) is 0 Å². The molecule has 34 heavy (non-hydrogen) atoms. The number of methoxy groups -OCH3 is 1. The van der Waals surface area contributed by atoms with Gasteiger partial charge in [-0.15, -0.1) is 0 Å². The number of morpholine rings is 1. The molecule has 2 aromatic carbocycles. The molecule has 1 aliphatic rings. The molecule has 10 heteroatoms. The molecule has 0 radical (unpaired) electrons. The van der Waals surface area contributed by atoms with E-state index in [0.717, 1.165) is 5.56 Å². The van der Waals surface area contributed by atoms with E-state index in [0.29, 0.717) is 56.3 Å². The van der Waals surface area contributed by atoms with Gasteiger partial charge in [0, 0.05) is 19.6 Å². The number of carbonyl (C=O) groups is 3. The summed E-state index contributed by atoms with van der Waals surface area (Å²) in [6.07, 6.45) is 2.00. The second-order valence-electron chi connectivity index (χ2n) is 7.38. The molecule has 0 aromatic heterocycles. The van der Waals surface area contributed by atoms with Gasteiger partial charge in [0.05, 0.1) is 26.5 Å². The summed E-state index contributed by atoms with van der Waals surface area (Å²) in [5, 5.41) is 6.37. The normalized spacial score (nSPS) is 13.4. The Balaban J connectivity index is 1.45. The number of rotatable bonds is 9. The summed E-state index contributed by atoms with van der Waals surface area (Å²) in [6.45, 7) is 2.37. The minimum Gasteiger partial charge on any atom is -0.493 e. The van der Waals surface area contributed by atoms with E-state index in [4.69, 9.17) is 14.2 Å². The molecule has 3 amide bonds. The number of amides is 3. The standard InChI is InChI=1S/C24H28N4O6/c1-32-21-15-19(7-8-20(21)34-17-22(29)28-11-13-33-14-12-28)16-26-27-24(31)23(30)25-10-9-18-5-3-2-4-6-18/h2-8,15-16H,9-14,17H2,1H3,(H,25,30)(H,27,31)/b26-16-. The molecule has 0 bridgehead atoms. The van der Waals surface area contributed by atoms with E-state index in [9.17, 15) is 14.4 Å². The van der Waals surface area contributed by atoms with Crippen LogP contribution in [0.1, 0.15) is 11.1 Å². The van der Waals surface area contributed by atoms with Crippen molar-refractivity contribution in [3.05, 3.63) is 59.7 Å². The third-order valence-corrected chi connectivity index (χ3v) is 5.03. The molecule has 1 saturated heterocycles. The molecule has 0 atom stereocenters. The number of nitrogens with one attached hydrogen (secondary N) is 2. The largest absolute Gasteiger partial charge is 0.493 e. The Morgan fingerprint density at radius 1 is 1.06 bits per heavy atom. The summed E-state index contributed by atoms with van der Waals surface area (Å²) in [6, 6.07) is 14.6. The highest BCUT2D eigenvalue weighted by atomic mass is 16.5. The Morgan fingerprint density at radius 3 is 2.56 bits per heavy atom. The Hall–Kier alpha value is -3.92. The molecule has 0 unspecified atom stereocenters. The zero-order valence-electron chi connectivity index (χ0n) is 19.0. The van der Waals surface area contributed by atoms with Crippen LogP contribution in [0.25, 0.3) is 0 Å². The van der Waals surface area contributed by atoms with Gasteiger partial charge in [-0.25, -0.2) is 5.43 Å². The van der Waals surface area contributed by atoms with Gasteiger partial charge >= 0.3 is 11.8 Å². The fourth-order valence-electron chi connectivity index (χ4n) is 3.19. The second kappa shape index (κ2) is 12.9. The first kappa shape index (κ1) is 24.7. The Labute approximate surface area is 197 Å². The molecule has 0 aliphatic carbocycles. The molecular formula is C24H28N4O6. The van der Waals surface area contributed by atoms with Crippen molar-refractivity contribution in [3.63, 3.8) is 0 Å². The van der Waals surface area contributed by atoms with Crippen LogP contribution in [-0.2, 0) is 25.5 Å². The van der Waals surface area contributed by atoms with Crippen molar-refractivity contribution in [1.82, 2.24) is 15.6 Å². The molecule has 0 spiro atoms. The van der Waals surface area contributed by atoms with Crippen molar-refractivity contribution in [1.29, 1.82) is 0 Å². The summed E-state index contributed by atoms with van der Waals surface area (Å²) in [5.41, 5.74) is 3.86. The highest BCUT2D eigenvalue weighted by molar-refractivity contribution is 6.35. The minimum atomic E-state index is -0.863. The summed E-state index contributed by atoms with van der Waals surface area (Å²) < 4.78 is 16.2. The first-order chi connectivity index (χ1) is 16.6. The number of carbonyl (C=O) groups excluding carboxylic acids is 3. The zero-order valence-corrected chi connectivity index (χ0v) is 19.0. The maximum atomic E-state index is 12.2. The van der Waals surface area contributed by atoms with Gasteiger partial charge in [-0.1, -0.05) is 30.3 Å². The zero-order chi connectivity index (χ0) is 24.2. The predicted octanol–water partition coefficient (Wildman–Crippen LogP) is 0.742. The molecule has 3 rings (SSSR count). The molecular weight excluding hydrogens is 440 g/mol. The monoisotopic (exact) mass is 468 g/mol. The average molecular weight is 469 g/mol. The molecule has 1 aliphatic heterocycles. The number of ether oxygens (including phenoxy) is 3. The number of hydrogen-bond donors (Lipinski definition) is 2. The van der Waals surface area contributed by atoms with Gasteiger partial charge in [-0.2, -0.15) is 5.10 Å². The SMILES string of the molecule is COc1cc(/C=N\NC(=O)C(=O)NCCc2ccccc2)ccc1OCC(=O)N1CCOCC1. The van der Waals surface area contributed by atoms with E-state index in [1.54, 1.807) is 23.1 Å². The van der Waals surface area contributed by atoms with E-state index < -0.39 is 11.8 Å². The third kappa shape index (κ3) is 7.59. The van der Waals surface area contributed by atoms with Crippen LogP contribution in [0, 0.1) is 0 Å². The van der Waals surface area contributed by atoms with Crippen LogP contribution in [0.4, 0.5) is 0 Å². The van der Waals surface area contributed by atoms with E-state index in [2.05, 4.69) is 15.8 Å². The van der Waals surface area contributed by atoms with Crippen molar-refractivity contribution in [2.45, 2.75) is 6.42 Å². The highest BCUT2D eigenvalue weighted by Crippen LogP contribution is 2.27. The summed E-state index contributed by atoms with van der Waals surface area (Å²) in [4.78, 5) is 37.7. The Bertz CT molecular complexity index is 1010. The summed E-state index contributed by atoms with van der Waals surface area (Å²) in [5.74, 6) is -0.940. The van der Waals surface area contributed by atoms with E-state index in [1.165, 1.54) is 13.3 Å². The van der Waals surface area contributed by atoms with Crippen LogP contribution < -0.4 is 20.2 Å². The molecule has 180 valence electrons.